The molecule has 38 nitrogen and oxygen atoms in total. The minimum absolute atomic E-state index is 0.0153. The maximum absolute atomic E-state index is 13.6. The monoisotopic (exact) mass is 1730 g/mol. The Bertz CT molecular complexity index is 4000. The Kier molecular flexibility index (Phi) is 48.7. The second kappa shape index (κ2) is 58.0. The highest BCUT2D eigenvalue weighted by atomic mass is 32.2. The first-order valence-electron chi connectivity index (χ1n) is 41.2. The molecule has 0 radical (unpaired) electrons. The minimum atomic E-state index is -4.33. The van der Waals surface area contributed by atoms with E-state index in [9.17, 15) is 61.2 Å². The van der Waals surface area contributed by atoms with Gasteiger partial charge in [-0.2, -0.15) is 8.42 Å². The lowest BCUT2D eigenvalue weighted by Crippen LogP contribution is -2.54. The fourth-order valence-electron chi connectivity index (χ4n) is 12.8. The van der Waals surface area contributed by atoms with Crippen molar-refractivity contribution in [3.63, 3.8) is 0 Å². The van der Waals surface area contributed by atoms with Crippen molar-refractivity contribution in [3.8, 4) is 11.8 Å². The number of ether oxygens (including phenoxy) is 10. The number of unbranched alkanes of at least 4 members (excludes halogenated alkanes) is 2. The summed E-state index contributed by atoms with van der Waals surface area (Å²) >= 11 is 0. The highest BCUT2D eigenvalue weighted by Crippen LogP contribution is 2.28. The van der Waals surface area contributed by atoms with Gasteiger partial charge in [-0.3, -0.25) is 52.6 Å². The van der Waals surface area contributed by atoms with Crippen molar-refractivity contribution in [1.29, 1.82) is 0 Å². The Morgan fingerprint density at radius 2 is 1.14 bits per heavy atom. The zero-order valence-electron chi connectivity index (χ0n) is 70.7. The molecule has 39 heteroatoms. The smallest absolute Gasteiger partial charge is 0.410 e. The van der Waals surface area contributed by atoms with Gasteiger partial charge in [-0.25, -0.2) is 9.59 Å². The van der Waals surface area contributed by atoms with Crippen molar-refractivity contribution < 1.29 is 113 Å². The summed E-state index contributed by atoms with van der Waals surface area (Å²) in [6.07, 6.45) is 1.83. The molecule has 0 spiro atoms. The summed E-state index contributed by atoms with van der Waals surface area (Å²) in [5, 5.41) is 19.3. The van der Waals surface area contributed by atoms with E-state index in [2.05, 4.69) is 49.1 Å². The third-order valence-electron chi connectivity index (χ3n) is 19.2. The van der Waals surface area contributed by atoms with Crippen LogP contribution in [0.15, 0.2) is 84.2 Å². The number of hydrogen-bond donors (Lipinski definition) is 12. The number of nitrogens with two attached hydrogens (primary N) is 4. The molecule has 12 amide bonds. The van der Waals surface area contributed by atoms with Crippen LogP contribution in [0.1, 0.15) is 140 Å². The third-order valence-corrected chi connectivity index (χ3v) is 19.8. The molecule has 3 aromatic carbocycles. The largest absolute Gasteiger partial charge is 0.445 e. The average molecular weight is 1740 g/mol. The number of nitrogens with zero attached hydrogens (tertiary/aromatic N) is 3. The number of primary amides is 3. The zero-order chi connectivity index (χ0) is 89.0. The van der Waals surface area contributed by atoms with Gasteiger partial charge in [0.1, 0.15) is 37.2 Å². The van der Waals surface area contributed by atoms with Gasteiger partial charge in [0.05, 0.1) is 130 Å². The first kappa shape index (κ1) is 102. The maximum Gasteiger partial charge on any atom is 0.410 e. The fraction of sp³-hybridized carbons (Fsp3) is 0.602. The van der Waals surface area contributed by atoms with Gasteiger partial charge in [0.2, 0.25) is 53.2 Å². The molecule has 5 rings (SSSR count). The van der Waals surface area contributed by atoms with Gasteiger partial charge in [0.15, 0.2) is 0 Å². The molecular formula is C83H126N14O24S. The second-order valence-electron chi connectivity index (χ2n) is 29.5. The van der Waals surface area contributed by atoms with E-state index in [0.29, 0.717) is 79.8 Å². The Morgan fingerprint density at radius 1 is 0.574 bits per heavy atom. The number of rotatable bonds is 61. The molecule has 2 aliphatic rings. The SMILES string of the molecule is CC(C)[C@H](NC(=O)[C@@H](CCCCNC(=O)COC1CCCC(N(CCCCC(=O)Nc2ccc(COC(=O)N(C)[C@H](C(N)=O)C(C)C)cc2)C(N)=O)CC(NCCOCCOCCOCCOCCC(=O)NCS(=O)(=O)O)=C1N)NC(=O)CCOCCOCCOCCOCCNC(=O)CCC(=O)N1Cc2ccccc2C#Cc2ccccc21)C(N)=O. The van der Waals surface area contributed by atoms with Crippen LogP contribution in [0, 0.1) is 23.7 Å². The Balaban J connectivity index is 1.01. The molecular weight excluding hydrogens is 1610 g/mol. The van der Waals surface area contributed by atoms with Crippen molar-refractivity contribution in [3.05, 3.63) is 106 Å². The van der Waals surface area contributed by atoms with Crippen LogP contribution >= 0.6 is 0 Å². The topological polar surface area (TPSA) is 532 Å². The van der Waals surface area contributed by atoms with Crippen LogP contribution in [0.3, 0.4) is 0 Å². The summed E-state index contributed by atoms with van der Waals surface area (Å²) < 4.78 is 86.5. The lowest BCUT2D eigenvalue weighted by molar-refractivity contribution is -0.132. The lowest BCUT2D eigenvalue weighted by Gasteiger charge is -2.35. The van der Waals surface area contributed by atoms with Gasteiger partial charge in [-0.15, -0.1) is 0 Å². The average Bonchev–Trinajstić information content (AvgIpc) is 0.806. The highest BCUT2D eigenvalue weighted by Gasteiger charge is 2.33. The number of urea groups is 1. The maximum atomic E-state index is 13.6. The molecule has 0 saturated carbocycles. The van der Waals surface area contributed by atoms with E-state index < -0.39 is 93.8 Å². The number of amides is 12. The van der Waals surface area contributed by atoms with Crippen LogP contribution in [0.4, 0.5) is 21.0 Å². The van der Waals surface area contributed by atoms with Gasteiger partial charge in [-0.1, -0.05) is 82.0 Å². The molecule has 1 heterocycles. The molecule has 1 aliphatic carbocycles. The van der Waals surface area contributed by atoms with Gasteiger partial charge in [-0.05, 0) is 105 Å². The summed E-state index contributed by atoms with van der Waals surface area (Å²) in [6.45, 7) is 11.1. The second-order valence-corrected chi connectivity index (χ2v) is 31.0. The van der Waals surface area contributed by atoms with Crippen LogP contribution in [-0.2, 0) is 114 Å². The van der Waals surface area contributed by atoms with Crippen molar-refractivity contribution >= 4 is 86.8 Å². The summed E-state index contributed by atoms with van der Waals surface area (Å²) in [5.41, 5.74) is 29.3. The number of nitrogens with one attached hydrogen (secondary N) is 7. The molecule has 0 saturated heterocycles. The predicted molar refractivity (Wildman–Crippen MR) is 450 cm³/mol. The molecule has 0 bridgehead atoms. The van der Waals surface area contributed by atoms with Crippen molar-refractivity contribution in [2.75, 3.05) is 162 Å². The van der Waals surface area contributed by atoms with Gasteiger partial charge >= 0.3 is 12.1 Å². The zero-order valence-corrected chi connectivity index (χ0v) is 71.6. The standard InChI is InChI=1S/C83H126N14O24S/c1-58(2)77(79(85)104)94-81(106)66(93-73(101)32-38-113-42-46-117-50-52-119-48-44-115-40-35-90-70(98)29-30-75(103)97-54-63-17-7-6-15-61(63)25-26-62-16-8-9-20-68(62)97)19-10-12-33-89-74(102)56-120-69-21-14-18-65(53-67(76(69)84)88-34-39-114-43-47-118-51-49-116-45-41-112-37-31-71(99)91-57-122(109,110)111)96(82(87)107)36-13-11-22-72(100)92-64-27-23-60(24-28-64)55-121-83(108)95(5)78(59(3)4)80(86)105/h6-9,15-17,20,23-24,27-28,58-59,65-66,69,77-78,88H,10-14,18-19,21-22,29-57,84H2,1-5H3,(H2,85,104)(H2,86,105)(H2,87,107)(H,89,102)(H,90,98)(H,91,99)(H,92,100)(H,93,101)(H,94,106)(H,109,110,111)/t65?,66-,69?,77+,78+/m1/s1. The number of carbonyl (C=O) groups excluding carboxylic acids is 11. The first-order chi connectivity index (χ1) is 58.5. The third kappa shape index (κ3) is 41.6. The van der Waals surface area contributed by atoms with E-state index in [-0.39, 0.29) is 220 Å². The van der Waals surface area contributed by atoms with Crippen molar-refractivity contribution in [2.45, 2.75) is 161 Å². The summed E-state index contributed by atoms with van der Waals surface area (Å²) in [5.74, 6) is 0.670. The van der Waals surface area contributed by atoms with E-state index in [0.717, 1.165) is 21.6 Å². The van der Waals surface area contributed by atoms with E-state index in [4.69, 9.17) is 74.9 Å². The lowest BCUT2D eigenvalue weighted by atomic mass is 9.94. The molecule has 678 valence electrons. The molecule has 0 fully saturated rings. The molecule has 3 aromatic rings. The number of fused-ring (bicyclic) bond motifs is 2. The number of benzene rings is 3. The van der Waals surface area contributed by atoms with Gasteiger partial charge < -0.3 is 117 Å². The fourth-order valence-corrected chi connectivity index (χ4v) is 13.2. The normalized spacial score (nSPS) is 14.6. The quantitative estimate of drug-likeness (QED) is 0.0219. The van der Waals surface area contributed by atoms with Crippen LogP contribution in [0.25, 0.3) is 0 Å². The van der Waals surface area contributed by atoms with E-state index in [1.807, 2.05) is 48.5 Å². The number of hydrogen-bond acceptors (Lipinski definition) is 25. The van der Waals surface area contributed by atoms with E-state index in [1.165, 1.54) is 7.05 Å². The molecule has 5 atom stereocenters. The van der Waals surface area contributed by atoms with Gasteiger partial charge in [0, 0.05) is 100 Å². The summed E-state index contributed by atoms with van der Waals surface area (Å²) in [7, 11) is -2.89. The molecule has 122 heavy (non-hydrogen) atoms. The van der Waals surface area contributed by atoms with Crippen LogP contribution < -0.4 is 65.1 Å². The number of likely N-dealkylation sites (N-methyl/N-ethyl adjacent to an activating group) is 1. The van der Waals surface area contributed by atoms with Gasteiger partial charge in [0.25, 0.3) is 10.1 Å². The van der Waals surface area contributed by atoms with Crippen LogP contribution in [-0.4, -0.2) is 270 Å². The highest BCUT2D eigenvalue weighted by molar-refractivity contribution is 7.85. The Morgan fingerprint density at radius 3 is 1.74 bits per heavy atom. The van der Waals surface area contributed by atoms with Crippen molar-refractivity contribution in [2.24, 2.45) is 34.8 Å². The molecule has 2 unspecified atom stereocenters. The van der Waals surface area contributed by atoms with Crippen LogP contribution in [0.5, 0.6) is 0 Å². The predicted octanol–water partition coefficient (Wildman–Crippen LogP) is 2.46. The number of carbonyl (C=O) groups is 11. The Labute approximate surface area is 714 Å². The molecule has 16 N–H and O–H groups in total. The van der Waals surface area contributed by atoms with E-state index >= 15 is 0 Å². The van der Waals surface area contributed by atoms with Crippen LogP contribution in [0.2, 0.25) is 0 Å². The molecule has 0 aromatic heterocycles. The summed E-state index contributed by atoms with van der Waals surface area (Å²) in [4.78, 5) is 146. The first-order valence-corrected chi connectivity index (χ1v) is 42.9. The number of para-hydroxylation sites is 1. The van der Waals surface area contributed by atoms with E-state index in [1.54, 1.807) is 61.8 Å². The minimum Gasteiger partial charge on any atom is -0.445 e. The molecule has 1 aliphatic heterocycles. The Hall–Kier alpha value is -10.1. The number of anilines is 2. The van der Waals surface area contributed by atoms with Crippen molar-refractivity contribution in [1.82, 2.24) is 41.7 Å². The summed E-state index contributed by atoms with van der Waals surface area (Å²) in [6, 6.07) is 17.9.